The van der Waals surface area contributed by atoms with Crippen molar-refractivity contribution in [3.63, 3.8) is 0 Å². The van der Waals surface area contributed by atoms with E-state index in [1.807, 2.05) is 6.07 Å². The molecule has 4 nitrogen and oxygen atoms in total. The maximum atomic E-state index is 8.65. The van der Waals surface area contributed by atoms with E-state index >= 15 is 0 Å². The maximum Gasteiger partial charge on any atom is 0.142 e. The van der Waals surface area contributed by atoms with E-state index in [4.69, 9.17) is 10.9 Å². The van der Waals surface area contributed by atoms with Crippen molar-refractivity contribution in [2.45, 2.75) is 19.3 Å². The molecule has 4 heteroatoms. The van der Waals surface area contributed by atoms with Gasteiger partial charge >= 0.3 is 0 Å². The van der Waals surface area contributed by atoms with Crippen LogP contribution in [0, 0.1) is 5.92 Å². The van der Waals surface area contributed by atoms with E-state index in [-0.39, 0.29) is 5.92 Å². The topological polar surface area (TPSA) is 61.9 Å². The van der Waals surface area contributed by atoms with E-state index in [0.717, 1.165) is 38.9 Å². The van der Waals surface area contributed by atoms with Gasteiger partial charge in [0.05, 0.1) is 0 Å². The Balaban J connectivity index is 1.74. The number of nitrogens with two attached hydrogens (primary N) is 1. The summed E-state index contributed by atoms with van der Waals surface area (Å²) in [6.45, 7) is 3.16. The Labute approximate surface area is 108 Å². The number of oxime groups is 1. The average Bonchev–Trinajstić information content (AvgIpc) is 2.46. The Morgan fingerprint density at radius 3 is 2.56 bits per heavy atom. The first-order chi connectivity index (χ1) is 8.79. The van der Waals surface area contributed by atoms with Crippen LogP contribution in [0.3, 0.4) is 0 Å². The Kier molecular flexibility index (Phi) is 4.59. The number of likely N-dealkylation sites (tertiary alicyclic amines) is 1. The van der Waals surface area contributed by atoms with Gasteiger partial charge in [-0.25, -0.2) is 0 Å². The van der Waals surface area contributed by atoms with Gasteiger partial charge in [-0.2, -0.15) is 0 Å². The fraction of sp³-hybridized carbons (Fsp3) is 0.500. The minimum atomic E-state index is 0.253. The second-order valence-corrected chi connectivity index (χ2v) is 4.88. The molecule has 98 valence electrons. The molecule has 0 amide bonds. The molecule has 18 heavy (non-hydrogen) atoms. The quantitative estimate of drug-likeness (QED) is 0.368. The highest BCUT2D eigenvalue weighted by molar-refractivity contribution is 5.82. The summed E-state index contributed by atoms with van der Waals surface area (Å²) in [5.74, 6) is 0.640. The van der Waals surface area contributed by atoms with Gasteiger partial charge in [0.15, 0.2) is 0 Å². The summed E-state index contributed by atoms with van der Waals surface area (Å²) in [5, 5.41) is 11.8. The third-order valence-corrected chi connectivity index (χ3v) is 3.68. The predicted octanol–water partition coefficient (Wildman–Crippen LogP) is 1.69. The van der Waals surface area contributed by atoms with Crippen LogP contribution >= 0.6 is 0 Å². The fourth-order valence-electron chi connectivity index (χ4n) is 2.47. The van der Waals surface area contributed by atoms with Gasteiger partial charge in [-0.05, 0) is 37.9 Å². The summed E-state index contributed by atoms with van der Waals surface area (Å²) in [7, 11) is 0. The summed E-state index contributed by atoms with van der Waals surface area (Å²) in [5.41, 5.74) is 7.02. The highest BCUT2D eigenvalue weighted by Crippen LogP contribution is 2.17. The van der Waals surface area contributed by atoms with Crippen LogP contribution in [0.1, 0.15) is 18.4 Å². The molecule has 1 heterocycles. The second kappa shape index (κ2) is 6.40. The summed E-state index contributed by atoms with van der Waals surface area (Å²) >= 11 is 0. The molecule has 0 bridgehead atoms. The van der Waals surface area contributed by atoms with Crippen molar-refractivity contribution in [3.05, 3.63) is 35.9 Å². The molecular formula is C14H21N3O. The number of benzene rings is 1. The van der Waals surface area contributed by atoms with Crippen molar-refractivity contribution in [2.24, 2.45) is 16.8 Å². The first kappa shape index (κ1) is 12.9. The molecule has 1 aromatic carbocycles. The lowest BCUT2D eigenvalue weighted by atomic mass is 9.95. The molecule has 2 rings (SSSR count). The van der Waals surface area contributed by atoms with Gasteiger partial charge in [0.25, 0.3) is 0 Å². The largest absolute Gasteiger partial charge is 0.409 e. The van der Waals surface area contributed by atoms with E-state index in [9.17, 15) is 0 Å². The number of hydrogen-bond donors (Lipinski definition) is 2. The molecule has 1 aliphatic heterocycles. The van der Waals surface area contributed by atoms with Crippen LogP contribution in [0.15, 0.2) is 35.5 Å². The van der Waals surface area contributed by atoms with Gasteiger partial charge in [0.1, 0.15) is 5.84 Å². The minimum absolute atomic E-state index is 0.253. The molecule has 0 aromatic heterocycles. The first-order valence-electron chi connectivity index (χ1n) is 6.53. The Morgan fingerprint density at radius 2 is 1.94 bits per heavy atom. The molecule has 0 spiro atoms. The molecule has 1 saturated heterocycles. The third kappa shape index (κ3) is 3.47. The Hall–Kier alpha value is -1.55. The lowest BCUT2D eigenvalue weighted by Crippen LogP contribution is -2.39. The zero-order valence-electron chi connectivity index (χ0n) is 10.6. The van der Waals surface area contributed by atoms with Crippen LogP contribution in [0.5, 0.6) is 0 Å². The van der Waals surface area contributed by atoms with Crippen molar-refractivity contribution in [3.8, 4) is 0 Å². The van der Waals surface area contributed by atoms with E-state index < -0.39 is 0 Å². The van der Waals surface area contributed by atoms with Crippen LogP contribution in [-0.4, -0.2) is 35.6 Å². The van der Waals surface area contributed by atoms with Gasteiger partial charge in [-0.1, -0.05) is 35.5 Å². The van der Waals surface area contributed by atoms with Gasteiger partial charge in [-0.3, -0.25) is 0 Å². The van der Waals surface area contributed by atoms with Crippen LogP contribution in [0.4, 0.5) is 0 Å². The Bertz CT molecular complexity index is 383. The van der Waals surface area contributed by atoms with Crippen molar-refractivity contribution >= 4 is 5.84 Å². The SMILES string of the molecule is NC(=NO)C1CCN(CCc2ccccc2)CC1. The molecule has 0 saturated carbocycles. The van der Waals surface area contributed by atoms with Gasteiger partial charge < -0.3 is 15.8 Å². The van der Waals surface area contributed by atoms with E-state index in [0.29, 0.717) is 5.84 Å². The van der Waals surface area contributed by atoms with Crippen LogP contribution in [-0.2, 0) is 6.42 Å². The van der Waals surface area contributed by atoms with Gasteiger partial charge in [0.2, 0.25) is 0 Å². The molecule has 1 aromatic rings. The number of hydrogen-bond acceptors (Lipinski definition) is 3. The summed E-state index contributed by atoms with van der Waals surface area (Å²) in [4.78, 5) is 2.45. The summed E-state index contributed by atoms with van der Waals surface area (Å²) < 4.78 is 0. The molecule has 3 N–H and O–H groups in total. The second-order valence-electron chi connectivity index (χ2n) is 4.88. The van der Waals surface area contributed by atoms with E-state index in [1.165, 1.54) is 5.56 Å². The Morgan fingerprint density at radius 1 is 1.28 bits per heavy atom. The molecule has 0 radical (unpaired) electrons. The average molecular weight is 247 g/mol. The molecule has 0 atom stereocenters. The minimum Gasteiger partial charge on any atom is -0.409 e. The van der Waals surface area contributed by atoms with Crippen LogP contribution in [0.25, 0.3) is 0 Å². The predicted molar refractivity (Wildman–Crippen MR) is 72.7 cm³/mol. The normalized spacial score (nSPS) is 19.0. The van der Waals surface area contributed by atoms with E-state index in [2.05, 4.69) is 34.3 Å². The maximum absolute atomic E-state index is 8.65. The highest BCUT2D eigenvalue weighted by atomic mass is 16.4. The number of piperidine rings is 1. The highest BCUT2D eigenvalue weighted by Gasteiger charge is 2.21. The first-order valence-corrected chi connectivity index (χ1v) is 6.53. The van der Waals surface area contributed by atoms with Crippen molar-refractivity contribution in [1.29, 1.82) is 0 Å². The standard InChI is InChI=1S/C14H21N3O/c15-14(16-18)13-7-10-17(11-8-13)9-6-12-4-2-1-3-5-12/h1-5,13,18H,6-11H2,(H2,15,16). The number of rotatable bonds is 4. The number of amidine groups is 1. The molecule has 1 fully saturated rings. The molecular weight excluding hydrogens is 226 g/mol. The van der Waals surface area contributed by atoms with Crippen molar-refractivity contribution < 1.29 is 5.21 Å². The van der Waals surface area contributed by atoms with Crippen LogP contribution in [0.2, 0.25) is 0 Å². The van der Waals surface area contributed by atoms with Gasteiger partial charge in [0, 0.05) is 12.5 Å². The van der Waals surface area contributed by atoms with Crippen molar-refractivity contribution in [2.75, 3.05) is 19.6 Å². The third-order valence-electron chi connectivity index (χ3n) is 3.68. The van der Waals surface area contributed by atoms with Gasteiger partial charge in [-0.15, -0.1) is 0 Å². The lowest BCUT2D eigenvalue weighted by Gasteiger charge is -2.31. The fourth-order valence-corrected chi connectivity index (χ4v) is 2.47. The smallest absolute Gasteiger partial charge is 0.142 e. The molecule has 0 aliphatic carbocycles. The van der Waals surface area contributed by atoms with E-state index in [1.54, 1.807) is 0 Å². The zero-order chi connectivity index (χ0) is 12.8. The summed E-state index contributed by atoms with van der Waals surface area (Å²) in [6.07, 6.45) is 3.07. The van der Waals surface area contributed by atoms with Crippen LogP contribution < -0.4 is 5.73 Å². The van der Waals surface area contributed by atoms with Crippen molar-refractivity contribution in [1.82, 2.24) is 4.90 Å². The lowest BCUT2D eigenvalue weighted by molar-refractivity contribution is 0.208. The summed E-state index contributed by atoms with van der Waals surface area (Å²) in [6, 6.07) is 10.6. The zero-order valence-corrected chi connectivity index (χ0v) is 10.6. The molecule has 1 aliphatic rings. The molecule has 0 unspecified atom stereocenters. The number of nitrogens with zero attached hydrogens (tertiary/aromatic N) is 2. The monoisotopic (exact) mass is 247 g/mol.